The van der Waals surface area contributed by atoms with E-state index in [1.165, 1.54) is 24.4 Å². The van der Waals surface area contributed by atoms with Crippen molar-refractivity contribution in [2.24, 2.45) is 5.10 Å². The Morgan fingerprint density at radius 1 is 1.29 bits per heavy atom. The van der Waals surface area contributed by atoms with Gasteiger partial charge in [-0.05, 0) is 30.7 Å². The van der Waals surface area contributed by atoms with Gasteiger partial charge in [-0.1, -0.05) is 17.7 Å². The second kappa shape index (κ2) is 10.8. The molecule has 2 aromatic rings. The van der Waals surface area contributed by atoms with Crippen LogP contribution in [0, 0.1) is 17.0 Å². The number of halogens is 1. The largest absolute Gasteiger partial charge is 0.378 e. The van der Waals surface area contributed by atoms with Crippen molar-refractivity contribution in [3.05, 3.63) is 62.7 Å². The van der Waals surface area contributed by atoms with Gasteiger partial charge in [0.15, 0.2) is 0 Å². The minimum Gasteiger partial charge on any atom is -0.378 e. The summed E-state index contributed by atoms with van der Waals surface area (Å²) in [5, 5.41) is 15.5. The third-order valence-corrected chi connectivity index (χ3v) is 6.65. The van der Waals surface area contributed by atoms with E-state index < -0.39 is 27.4 Å². The fourth-order valence-corrected chi connectivity index (χ4v) is 4.35. The number of nitrogens with zero attached hydrogens (tertiary/aromatic N) is 4. The molecule has 2 aromatic carbocycles. The second-order valence-electron chi connectivity index (χ2n) is 7.60. The number of carbonyl (C=O) groups excluding carboxylic acids is 1. The summed E-state index contributed by atoms with van der Waals surface area (Å²) in [6, 6.07) is 9.05. The maximum atomic E-state index is 12.5. The second-order valence-corrected chi connectivity index (χ2v) is 9.91. The highest BCUT2D eigenvalue weighted by atomic mass is 35.5. The van der Waals surface area contributed by atoms with Crippen LogP contribution in [0.5, 0.6) is 0 Å². The fraction of sp³-hybridized carbons (Fsp3) is 0.333. The van der Waals surface area contributed by atoms with Crippen molar-refractivity contribution in [2.75, 3.05) is 48.3 Å². The lowest BCUT2D eigenvalue weighted by atomic mass is 10.1. The van der Waals surface area contributed by atoms with E-state index in [0.29, 0.717) is 42.6 Å². The molecule has 0 aliphatic carbocycles. The number of nitro benzene ring substituents is 1. The van der Waals surface area contributed by atoms with Crippen LogP contribution in [0.15, 0.2) is 41.5 Å². The van der Waals surface area contributed by atoms with Gasteiger partial charge in [0.25, 0.3) is 11.6 Å². The fourth-order valence-electron chi connectivity index (χ4n) is 3.33. The molecule has 0 bridgehead atoms. The van der Waals surface area contributed by atoms with E-state index in [9.17, 15) is 23.3 Å². The van der Waals surface area contributed by atoms with Crippen LogP contribution in [0.1, 0.15) is 11.1 Å². The minimum absolute atomic E-state index is 0.121. The normalized spacial score (nSPS) is 14.3. The lowest BCUT2D eigenvalue weighted by molar-refractivity contribution is -0.384. The Morgan fingerprint density at radius 2 is 2.00 bits per heavy atom. The van der Waals surface area contributed by atoms with E-state index in [2.05, 4.69) is 10.5 Å². The number of morpholine rings is 1. The maximum absolute atomic E-state index is 12.5. The number of benzene rings is 2. The summed E-state index contributed by atoms with van der Waals surface area (Å²) in [6.45, 7) is 3.50. The molecule has 34 heavy (non-hydrogen) atoms. The first-order chi connectivity index (χ1) is 16.1. The highest BCUT2D eigenvalue weighted by Gasteiger charge is 2.22. The molecule has 0 unspecified atom stereocenters. The first kappa shape index (κ1) is 25.4. The average Bonchev–Trinajstić information content (AvgIpc) is 2.79. The predicted molar refractivity (Wildman–Crippen MR) is 130 cm³/mol. The number of carbonyl (C=O) groups is 1. The Balaban J connectivity index is 1.78. The van der Waals surface area contributed by atoms with E-state index in [-0.39, 0.29) is 11.4 Å². The zero-order valence-corrected chi connectivity index (χ0v) is 20.2. The number of hydrogen-bond donors (Lipinski definition) is 1. The number of non-ortho nitro benzene ring substituents is 1. The van der Waals surface area contributed by atoms with Gasteiger partial charge in [0, 0.05) is 41.5 Å². The third-order valence-electron chi connectivity index (χ3n) is 5.10. The standard InChI is InChI=1S/C21H24ClN5O6S/c1-15-3-4-17(12-19(15)22)26(34(2,31)32)14-21(28)24-23-13-16-11-18(27(29)30)5-6-20(16)25-7-9-33-10-8-25/h3-6,11-13H,7-10,14H2,1-2H3,(H,24,28)/b23-13-. The summed E-state index contributed by atoms with van der Waals surface area (Å²) in [5.41, 5.74) is 4.31. The lowest BCUT2D eigenvalue weighted by Gasteiger charge is -2.29. The summed E-state index contributed by atoms with van der Waals surface area (Å²) in [5.74, 6) is -0.697. The topological polar surface area (TPSA) is 134 Å². The quantitative estimate of drug-likeness (QED) is 0.328. The first-order valence-corrected chi connectivity index (χ1v) is 12.5. The number of sulfonamides is 1. The molecule has 13 heteroatoms. The van der Waals surface area contributed by atoms with E-state index in [0.717, 1.165) is 16.1 Å². The maximum Gasteiger partial charge on any atom is 0.270 e. The van der Waals surface area contributed by atoms with Crippen molar-refractivity contribution in [2.45, 2.75) is 6.92 Å². The molecule has 0 radical (unpaired) electrons. The van der Waals surface area contributed by atoms with Crippen molar-refractivity contribution >= 4 is 50.8 Å². The monoisotopic (exact) mass is 509 g/mol. The van der Waals surface area contributed by atoms with Crippen molar-refractivity contribution in [1.82, 2.24) is 5.43 Å². The Bertz CT molecular complexity index is 1210. The number of ether oxygens (including phenoxy) is 1. The van der Waals surface area contributed by atoms with Gasteiger partial charge < -0.3 is 9.64 Å². The molecule has 1 amide bonds. The number of anilines is 2. The Kier molecular flexibility index (Phi) is 8.07. The molecule has 1 aliphatic heterocycles. The Labute approximate surface area is 202 Å². The highest BCUT2D eigenvalue weighted by molar-refractivity contribution is 7.92. The number of hydrogen-bond acceptors (Lipinski definition) is 8. The van der Waals surface area contributed by atoms with Gasteiger partial charge in [0.2, 0.25) is 10.0 Å². The highest BCUT2D eigenvalue weighted by Crippen LogP contribution is 2.26. The molecule has 0 aromatic heterocycles. The molecule has 1 saturated heterocycles. The molecular weight excluding hydrogens is 486 g/mol. The summed E-state index contributed by atoms with van der Waals surface area (Å²) in [4.78, 5) is 25.2. The molecule has 0 atom stereocenters. The molecule has 1 aliphatic rings. The molecule has 182 valence electrons. The number of rotatable bonds is 8. The van der Waals surface area contributed by atoms with Crippen LogP contribution < -0.4 is 14.6 Å². The van der Waals surface area contributed by atoms with Crippen LogP contribution in [-0.4, -0.2) is 64.6 Å². The average molecular weight is 510 g/mol. The van der Waals surface area contributed by atoms with Crippen molar-refractivity contribution in [3.63, 3.8) is 0 Å². The zero-order valence-electron chi connectivity index (χ0n) is 18.6. The molecule has 3 rings (SSSR count). The predicted octanol–water partition coefficient (Wildman–Crippen LogP) is 2.31. The molecular formula is C21H24ClN5O6S. The van der Waals surface area contributed by atoms with Gasteiger partial charge in [0.1, 0.15) is 6.54 Å². The summed E-state index contributed by atoms with van der Waals surface area (Å²) in [6.07, 6.45) is 2.28. The number of nitrogens with one attached hydrogen (secondary N) is 1. The van der Waals surface area contributed by atoms with Crippen LogP contribution in [0.3, 0.4) is 0 Å². The van der Waals surface area contributed by atoms with E-state index in [1.807, 2.05) is 4.90 Å². The van der Waals surface area contributed by atoms with Gasteiger partial charge in [0.05, 0.1) is 36.3 Å². The lowest BCUT2D eigenvalue weighted by Crippen LogP contribution is -2.39. The minimum atomic E-state index is -3.79. The summed E-state index contributed by atoms with van der Waals surface area (Å²) < 4.78 is 30.8. The van der Waals surface area contributed by atoms with Gasteiger partial charge in [-0.3, -0.25) is 19.2 Å². The number of nitro groups is 1. The van der Waals surface area contributed by atoms with Crippen molar-refractivity contribution < 1.29 is 22.9 Å². The van der Waals surface area contributed by atoms with Crippen LogP contribution >= 0.6 is 11.6 Å². The van der Waals surface area contributed by atoms with E-state index in [4.69, 9.17) is 16.3 Å². The number of aryl methyl sites for hydroxylation is 1. The van der Waals surface area contributed by atoms with Crippen molar-refractivity contribution in [1.29, 1.82) is 0 Å². The molecule has 0 spiro atoms. The Hall–Kier alpha value is -3.22. The van der Waals surface area contributed by atoms with Crippen LogP contribution in [0.2, 0.25) is 5.02 Å². The zero-order chi connectivity index (χ0) is 24.9. The molecule has 11 nitrogen and oxygen atoms in total. The van der Waals surface area contributed by atoms with E-state index >= 15 is 0 Å². The smallest absolute Gasteiger partial charge is 0.270 e. The third kappa shape index (κ3) is 6.43. The molecule has 1 fully saturated rings. The van der Waals surface area contributed by atoms with Crippen molar-refractivity contribution in [3.8, 4) is 0 Å². The van der Waals surface area contributed by atoms with Gasteiger partial charge in [-0.2, -0.15) is 5.10 Å². The first-order valence-electron chi connectivity index (χ1n) is 10.2. The van der Waals surface area contributed by atoms with Gasteiger partial charge in [-0.15, -0.1) is 0 Å². The number of amides is 1. The summed E-state index contributed by atoms with van der Waals surface area (Å²) in [7, 11) is -3.79. The number of hydrazone groups is 1. The summed E-state index contributed by atoms with van der Waals surface area (Å²) >= 11 is 6.10. The van der Waals surface area contributed by atoms with Crippen LogP contribution in [-0.2, 0) is 19.6 Å². The molecule has 0 saturated carbocycles. The van der Waals surface area contributed by atoms with Crippen LogP contribution in [0.4, 0.5) is 17.1 Å². The van der Waals surface area contributed by atoms with E-state index in [1.54, 1.807) is 25.1 Å². The van der Waals surface area contributed by atoms with Gasteiger partial charge >= 0.3 is 0 Å². The van der Waals surface area contributed by atoms with Crippen LogP contribution in [0.25, 0.3) is 0 Å². The van der Waals surface area contributed by atoms with Gasteiger partial charge in [-0.25, -0.2) is 13.8 Å². The molecule has 1 N–H and O–H groups in total. The SMILES string of the molecule is Cc1ccc(N(CC(=O)N/N=C\c2cc([N+](=O)[O-])ccc2N2CCOCC2)S(C)(=O)=O)cc1Cl. The Morgan fingerprint density at radius 3 is 2.62 bits per heavy atom. The molecule has 1 heterocycles.